The van der Waals surface area contributed by atoms with Crippen LogP contribution < -0.4 is 10.6 Å². The van der Waals surface area contributed by atoms with Crippen LogP contribution in [0.2, 0.25) is 0 Å². The van der Waals surface area contributed by atoms with E-state index in [2.05, 4.69) is 17.6 Å². The number of amides is 3. The number of hydrogen-bond donors (Lipinski definition) is 2. The molecule has 2 saturated heterocycles. The molecule has 2 N–H and O–H groups in total. The molecule has 3 aliphatic heterocycles. The lowest BCUT2D eigenvalue weighted by molar-refractivity contribution is -0.142. The molecule has 3 aliphatic rings. The number of hydrogen-bond acceptors (Lipinski definition) is 4. The van der Waals surface area contributed by atoms with E-state index in [-0.39, 0.29) is 23.8 Å². The predicted molar refractivity (Wildman–Crippen MR) is 97.3 cm³/mol. The Morgan fingerprint density at radius 1 is 1.15 bits per heavy atom. The smallest absolute Gasteiger partial charge is 0.250 e. The quantitative estimate of drug-likeness (QED) is 0.807. The Balaban J connectivity index is 1.83. The first kappa shape index (κ1) is 17.2. The largest absolute Gasteiger partial charge is 0.324 e. The van der Waals surface area contributed by atoms with E-state index >= 15 is 0 Å². The molecule has 6 heteroatoms. The van der Waals surface area contributed by atoms with Crippen LogP contribution >= 0.6 is 0 Å². The molecule has 4 rings (SSSR count). The van der Waals surface area contributed by atoms with Crippen molar-refractivity contribution in [2.45, 2.75) is 51.6 Å². The number of unbranched alkanes of at least 4 members (excludes halogenated alkanes) is 1. The number of rotatable bonds is 4. The third kappa shape index (κ3) is 2.05. The summed E-state index contributed by atoms with van der Waals surface area (Å²) < 4.78 is 0. The standard InChI is InChI=1S/C20H25N3O3/c1-4-6-9-23-17(24)15-11(3)22-20(16(15)18(23)25)13-10-12(5-2)7-8-14(13)21-19(20)26/h7-8,10-11,15-16,22H,4-6,9H2,1-3H3,(H,21,26)/t11-,15+,16-,20-/m0/s1. The van der Waals surface area contributed by atoms with Crippen molar-refractivity contribution in [2.24, 2.45) is 11.8 Å². The van der Waals surface area contributed by atoms with Gasteiger partial charge in [-0.15, -0.1) is 0 Å². The molecule has 138 valence electrons. The zero-order chi connectivity index (χ0) is 18.6. The van der Waals surface area contributed by atoms with Crippen molar-refractivity contribution in [3.05, 3.63) is 29.3 Å². The Morgan fingerprint density at radius 3 is 2.62 bits per heavy atom. The van der Waals surface area contributed by atoms with Gasteiger partial charge in [0.15, 0.2) is 0 Å². The minimum absolute atomic E-state index is 0.141. The number of imide groups is 1. The third-order valence-corrected chi connectivity index (χ3v) is 6.16. The topological polar surface area (TPSA) is 78.5 Å². The van der Waals surface area contributed by atoms with Crippen LogP contribution in [-0.2, 0) is 26.3 Å². The summed E-state index contributed by atoms with van der Waals surface area (Å²) in [5.74, 6) is -1.73. The number of fused-ring (bicyclic) bond motifs is 4. The average molecular weight is 355 g/mol. The van der Waals surface area contributed by atoms with Gasteiger partial charge in [0, 0.05) is 23.8 Å². The van der Waals surface area contributed by atoms with Crippen molar-refractivity contribution in [1.82, 2.24) is 10.2 Å². The first-order valence-corrected chi connectivity index (χ1v) is 9.53. The highest BCUT2D eigenvalue weighted by molar-refractivity contribution is 6.15. The molecule has 0 aliphatic carbocycles. The lowest BCUT2D eigenvalue weighted by Gasteiger charge is -2.29. The summed E-state index contributed by atoms with van der Waals surface area (Å²) in [6.07, 6.45) is 2.54. The number of carbonyl (C=O) groups excluding carboxylic acids is 3. The molecule has 0 aromatic heterocycles. The van der Waals surface area contributed by atoms with E-state index in [0.29, 0.717) is 6.54 Å². The summed E-state index contributed by atoms with van der Waals surface area (Å²) in [5, 5.41) is 6.27. The number of aryl methyl sites for hydroxylation is 1. The van der Waals surface area contributed by atoms with E-state index < -0.39 is 17.4 Å². The molecule has 0 unspecified atom stereocenters. The van der Waals surface area contributed by atoms with E-state index in [1.54, 1.807) is 0 Å². The fraction of sp³-hybridized carbons (Fsp3) is 0.550. The first-order valence-electron chi connectivity index (χ1n) is 9.53. The maximum Gasteiger partial charge on any atom is 0.250 e. The van der Waals surface area contributed by atoms with Crippen LogP contribution in [0.15, 0.2) is 18.2 Å². The van der Waals surface area contributed by atoms with Gasteiger partial charge in [-0.3, -0.25) is 24.6 Å². The monoisotopic (exact) mass is 355 g/mol. The van der Waals surface area contributed by atoms with Gasteiger partial charge < -0.3 is 5.32 Å². The summed E-state index contributed by atoms with van der Waals surface area (Å²) in [4.78, 5) is 40.6. The van der Waals surface area contributed by atoms with Gasteiger partial charge in [-0.1, -0.05) is 32.4 Å². The Kier molecular flexibility index (Phi) is 3.91. The van der Waals surface area contributed by atoms with Crippen molar-refractivity contribution in [3.8, 4) is 0 Å². The minimum Gasteiger partial charge on any atom is -0.324 e. The third-order valence-electron chi connectivity index (χ3n) is 6.16. The number of anilines is 1. The second-order valence-electron chi connectivity index (χ2n) is 7.61. The Hall–Kier alpha value is -2.21. The summed E-state index contributed by atoms with van der Waals surface area (Å²) in [5.41, 5.74) is 1.51. The lowest BCUT2D eigenvalue weighted by atomic mass is 9.76. The molecule has 1 aromatic carbocycles. The molecular weight excluding hydrogens is 330 g/mol. The van der Waals surface area contributed by atoms with E-state index in [9.17, 15) is 14.4 Å². The molecule has 0 bridgehead atoms. The highest BCUT2D eigenvalue weighted by Gasteiger charge is 2.69. The summed E-state index contributed by atoms with van der Waals surface area (Å²) in [6, 6.07) is 5.66. The normalized spacial score (nSPS) is 32.3. The number of nitrogens with zero attached hydrogens (tertiary/aromatic N) is 1. The van der Waals surface area contributed by atoms with Crippen LogP contribution in [0.5, 0.6) is 0 Å². The van der Waals surface area contributed by atoms with Crippen molar-refractivity contribution < 1.29 is 14.4 Å². The molecule has 0 saturated carbocycles. The van der Waals surface area contributed by atoms with Crippen molar-refractivity contribution in [2.75, 3.05) is 11.9 Å². The second-order valence-corrected chi connectivity index (χ2v) is 7.61. The summed E-state index contributed by atoms with van der Waals surface area (Å²) >= 11 is 0. The SMILES string of the molecule is CCCCN1C(=O)[C@@H]2[C@H](C)N[C@]3(C(=O)Nc4ccc(CC)cc43)[C@@H]2C1=O. The Bertz CT molecular complexity index is 805. The molecule has 3 heterocycles. The Labute approximate surface area is 153 Å². The highest BCUT2D eigenvalue weighted by atomic mass is 16.2. The van der Waals surface area contributed by atoms with Crippen molar-refractivity contribution in [3.63, 3.8) is 0 Å². The summed E-state index contributed by atoms with van der Waals surface area (Å²) in [7, 11) is 0. The van der Waals surface area contributed by atoms with Gasteiger partial charge in [0.25, 0.3) is 0 Å². The van der Waals surface area contributed by atoms with Gasteiger partial charge in [-0.2, -0.15) is 0 Å². The highest BCUT2D eigenvalue weighted by Crippen LogP contribution is 2.52. The minimum atomic E-state index is -1.14. The zero-order valence-corrected chi connectivity index (χ0v) is 15.5. The van der Waals surface area contributed by atoms with E-state index in [4.69, 9.17) is 0 Å². The van der Waals surface area contributed by atoms with Gasteiger partial charge >= 0.3 is 0 Å². The number of carbonyl (C=O) groups is 3. The fourth-order valence-electron chi connectivity index (χ4n) is 4.83. The molecule has 1 spiro atoms. The second kappa shape index (κ2) is 5.91. The van der Waals surface area contributed by atoms with E-state index in [1.807, 2.05) is 32.0 Å². The number of nitrogens with one attached hydrogen (secondary N) is 2. The molecule has 6 nitrogen and oxygen atoms in total. The number of likely N-dealkylation sites (tertiary alicyclic amines) is 1. The van der Waals surface area contributed by atoms with Crippen LogP contribution in [0.1, 0.15) is 44.7 Å². The van der Waals surface area contributed by atoms with Gasteiger partial charge in [-0.05, 0) is 31.4 Å². The molecule has 3 amide bonds. The molecular formula is C20H25N3O3. The number of benzene rings is 1. The molecule has 2 fully saturated rings. The van der Waals surface area contributed by atoms with Gasteiger partial charge in [0.05, 0.1) is 11.8 Å². The zero-order valence-electron chi connectivity index (χ0n) is 15.5. The molecule has 0 radical (unpaired) electrons. The molecule has 26 heavy (non-hydrogen) atoms. The maximum absolute atomic E-state index is 13.2. The maximum atomic E-state index is 13.2. The van der Waals surface area contributed by atoms with Crippen LogP contribution in [-0.4, -0.2) is 35.2 Å². The lowest BCUT2D eigenvalue weighted by Crippen LogP contribution is -2.53. The first-order chi connectivity index (χ1) is 12.5. The Morgan fingerprint density at radius 2 is 1.92 bits per heavy atom. The molecule has 4 atom stereocenters. The fourth-order valence-corrected chi connectivity index (χ4v) is 4.83. The summed E-state index contributed by atoms with van der Waals surface area (Å²) in [6.45, 7) is 6.43. The van der Waals surface area contributed by atoms with E-state index in [1.165, 1.54) is 4.90 Å². The van der Waals surface area contributed by atoms with Gasteiger partial charge in [0.2, 0.25) is 17.7 Å². The van der Waals surface area contributed by atoms with Crippen molar-refractivity contribution >= 4 is 23.4 Å². The average Bonchev–Trinajstić information content (AvgIpc) is 3.18. The van der Waals surface area contributed by atoms with Crippen LogP contribution in [0.25, 0.3) is 0 Å². The van der Waals surface area contributed by atoms with Crippen LogP contribution in [0.3, 0.4) is 0 Å². The van der Waals surface area contributed by atoms with Gasteiger partial charge in [-0.25, -0.2) is 0 Å². The van der Waals surface area contributed by atoms with Crippen molar-refractivity contribution in [1.29, 1.82) is 0 Å². The van der Waals surface area contributed by atoms with Crippen LogP contribution in [0.4, 0.5) is 5.69 Å². The van der Waals surface area contributed by atoms with Gasteiger partial charge in [0.1, 0.15) is 5.54 Å². The van der Waals surface area contributed by atoms with E-state index in [0.717, 1.165) is 36.1 Å². The van der Waals surface area contributed by atoms with Crippen LogP contribution in [0, 0.1) is 11.8 Å². The molecule has 1 aromatic rings. The predicted octanol–water partition coefficient (Wildman–Crippen LogP) is 1.79.